The maximum Gasteiger partial charge on any atom is 0.313 e. The van der Waals surface area contributed by atoms with E-state index in [1.807, 2.05) is 0 Å². The maximum absolute atomic E-state index is 12.6. The molecule has 1 saturated heterocycles. The van der Waals surface area contributed by atoms with Crippen molar-refractivity contribution in [2.45, 2.75) is 31.9 Å². The van der Waals surface area contributed by atoms with Gasteiger partial charge in [0.2, 0.25) is 0 Å². The fourth-order valence-electron chi connectivity index (χ4n) is 0.922. The molecule has 62 valence electrons. The Kier molecular flexibility index (Phi) is 2.57. The third-order valence-electron chi connectivity index (χ3n) is 1.55. The van der Waals surface area contributed by atoms with Crippen molar-refractivity contribution in [3.63, 3.8) is 0 Å². The SMILES string of the molecule is O=C1CCC(F)CCC(=O)O1. The summed E-state index contributed by atoms with van der Waals surface area (Å²) < 4.78 is 16.9. The lowest BCUT2D eigenvalue weighted by atomic mass is 10.1. The van der Waals surface area contributed by atoms with Gasteiger partial charge in [0, 0.05) is 12.8 Å². The van der Waals surface area contributed by atoms with Crippen molar-refractivity contribution >= 4 is 11.9 Å². The first-order chi connectivity index (χ1) is 5.18. The van der Waals surface area contributed by atoms with Gasteiger partial charge in [-0.25, -0.2) is 4.39 Å². The van der Waals surface area contributed by atoms with Crippen molar-refractivity contribution in [3.8, 4) is 0 Å². The van der Waals surface area contributed by atoms with Gasteiger partial charge >= 0.3 is 11.9 Å². The minimum atomic E-state index is -1.04. The van der Waals surface area contributed by atoms with E-state index in [2.05, 4.69) is 4.74 Å². The molecule has 0 aliphatic carbocycles. The fourth-order valence-corrected chi connectivity index (χ4v) is 0.922. The van der Waals surface area contributed by atoms with Gasteiger partial charge in [-0.15, -0.1) is 0 Å². The lowest BCUT2D eigenvalue weighted by Gasteiger charge is -2.10. The van der Waals surface area contributed by atoms with Gasteiger partial charge in [-0.1, -0.05) is 0 Å². The van der Waals surface area contributed by atoms with Crippen molar-refractivity contribution in [3.05, 3.63) is 0 Å². The minimum Gasteiger partial charge on any atom is -0.393 e. The highest BCUT2D eigenvalue weighted by atomic mass is 19.1. The average molecular weight is 160 g/mol. The Morgan fingerprint density at radius 1 is 1.18 bits per heavy atom. The molecule has 0 atom stereocenters. The van der Waals surface area contributed by atoms with Gasteiger partial charge in [-0.3, -0.25) is 9.59 Å². The molecular weight excluding hydrogens is 151 g/mol. The molecule has 11 heavy (non-hydrogen) atoms. The van der Waals surface area contributed by atoms with E-state index < -0.39 is 18.1 Å². The molecule has 0 spiro atoms. The van der Waals surface area contributed by atoms with Gasteiger partial charge in [0.1, 0.15) is 6.17 Å². The molecule has 4 heteroatoms. The zero-order chi connectivity index (χ0) is 8.27. The summed E-state index contributed by atoms with van der Waals surface area (Å²) in [5.74, 6) is -1.23. The predicted molar refractivity (Wildman–Crippen MR) is 34.5 cm³/mol. The summed E-state index contributed by atoms with van der Waals surface area (Å²) in [5, 5.41) is 0. The van der Waals surface area contributed by atoms with Gasteiger partial charge in [0.05, 0.1) is 0 Å². The summed E-state index contributed by atoms with van der Waals surface area (Å²) in [6.45, 7) is 0. The molecule has 1 aliphatic heterocycles. The first-order valence-corrected chi connectivity index (χ1v) is 3.56. The molecular formula is C7H9FO3. The number of rotatable bonds is 0. The number of ether oxygens (including phenoxy) is 1. The predicted octanol–water partition coefficient (Wildman–Crippen LogP) is 0.968. The van der Waals surface area contributed by atoms with Crippen molar-refractivity contribution in [1.29, 1.82) is 0 Å². The van der Waals surface area contributed by atoms with Crippen molar-refractivity contribution in [2.24, 2.45) is 0 Å². The van der Waals surface area contributed by atoms with Gasteiger partial charge in [-0.05, 0) is 12.8 Å². The average Bonchev–Trinajstić information content (AvgIpc) is 1.95. The summed E-state index contributed by atoms with van der Waals surface area (Å²) in [7, 11) is 0. The zero-order valence-corrected chi connectivity index (χ0v) is 6.01. The summed E-state index contributed by atoms with van der Waals surface area (Å²) in [4.78, 5) is 21.2. The lowest BCUT2D eigenvalue weighted by Crippen LogP contribution is -2.18. The molecule has 0 aromatic rings. The van der Waals surface area contributed by atoms with E-state index in [9.17, 15) is 14.0 Å². The topological polar surface area (TPSA) is 43.4 Å². The number of carbonyl (C=O) groups excluding carboxylic acids is 2. The van der Waals surface area contributed by atoms with Crippen LogP contribution in [-0.2, 0) is 14.3 Å². The number of esters is 2. The third kappa shape index (κ3) is 2.65. The van der Waals surface area contributed by atoms with Crippen molar-refractivity contribution in [2.75, 3.05) is 0 Å². The van der Waals surface area contributed by atoms with Crippen molar-refractivity contribution in [1.82, 2.24) is 0 Å². The number of cyclic esters (lactones) is 2. The Labute approximate surface area is 63.5 Å². The highest BCUT2D eigenvalue weighted by molar-refractivity contribution is 5.85. The molecule has 0 aromatic heterocycles. The van der Waals surface area contributed by atoms with Crippen LogP contribution in [0.3, 0.4) is 0 Å². The van der Waals surface area contributed by atoms with E-state index in [0.717, 1.165) is 0 Å². The Morgan fingerprint density at radius 2 is 1.64 bits per heavy atom. The first kappa shape index (κ1) is 8.17. The minimum absolute atomic E-state index is 0.00685. The van der Waals surface area contributed by atoms with Crippen LogP contribution < -0.4 is 0 Å². The standard InChI is InChI=1S/C7H9FO3/c8-5-1-3-6(9)11-7(10)4-2-5/h5H,1-4H2. The van der Waals surface area contributed by atoms with Crippen LogP contribution >= 0.6 is 0 Å². The monoisotopic (exact) mass is 160 g/mol. The molecule has 0 radical (unpaired) electrons. The van der Waals surface area contributed by atoms with Crippen molar-refractivity contribution < 1.29 is 18.7 Å². The van der Waals surface area contributed by atoms with E-state index in [1.54, 1.807) is 0 Å². The maximum atomic E-state index is 12.6. The first-order valence-electron chi connectivity index (χ1n) is 3.56. The van der Waals surface area contributed by atoms with E-state index >= 15 is 0 Å². The number of halogens is 1. The molecule has 0 unspecified atom stereocenters. The van der Waals surface area contributed by atoms with Crippen LogP contribution in [0, 0.1) is 0 Å². The highest BCUT2D eigenvalue weighted by Gasteiger charge is 2.19. The molecule has 0 amide bonds. The zero-order valence-electron chi connectivity index (χ0n) is 6.01. The molecule has 3 nitrogen and oxygen atoms in total. The summed E-state index contributed by atoms with van der Waals surface area (Å²) in [6, 6.07) is 0. The molecule has 0 bridgehead atoms. The van der Waals surface area contributed by atoms with Crippen LogP contribution in [0.4, 0.5) is 4.39 Å². The lowest BCUT2D eigenvalue weighted by molar-refractivity contribution is -0.161. The van der Waals surface area contributed by atoms with E-state index in [0.29, 0.717) is 0 Å². The molecule has 0 N–H and O–H groups in total. The number of hydrogen-bond acceptors (Lipinski definition) is 3. The second-order valence-electron chi connectivity index (χ2n) is 2.52. The number of carbonyl (C=O) groups is 2. The largest absolute Gasteiger partial charge is 0.393 e. The van der Waals surface area contributed by atoms with Crippen LogP contribution in [0.1, 0.15) is 25.7 Å². The van der Waals surface area contributed by atoms with Crippen LogP contribution in [0.2, 0.25) is 0 Å². The Balaban J connectivity index is 2.47. The fraction of sp³-hybridized carbons (Fsp3) is 0.714. The van der Waals surface area contributed by atoms with Gasteiger partial charge in [0.15, 0.2) is 0 Å². The van der Waals surface area contributed by atoms with E-state index in [1.165, 1.54) is 0 Å². The van der Waals surface area contributed by atoms with Gasteiger partial charge in [0.25, 0.3) is 0 Å². The second-order valence-corrected chi connectivity index (χ2v) is 2.52. The Hall–Kier alpha value is -0.930. The molecule has 1 rings (SSSR count). The molecule has 0 saturated carbocycles. The number of alkyl halides is 1. The smallest absolute Gasteiger partial charge is 0.313 e. The van der Waals surface area contributed by atoms with E-state index in [4.69, 9.17) is 0 Å². The molecule has 1 fully saturated rings. The summed E-state index contributed by atoms with van der Waals surface area (Å²) >= 11 is 0. The summed E-state index contributed by atoms with van der Waals surface area (Å²) in [5.41, 5.74) is 0. The van der Waals surface area contributed by atoms with Crippen LogP contribution in [0.25, 0.3) is 0 Å². The molecule has 1 aliphatic rings. The van der Waals surface area contributed by atoms with Gasteiger partial charge in [-0.2, -0.15) is 0 Å². The number of hydrogen-bond donors (Lipinski definition) is 0. The third-order valence-corrected chi connectivity index (χ3v) is 1.55. The Morgan fingerprint density at radius 3 is 2.09 bits per heavy atom. The van der Waals surface area contributed by atoms with E-state index in [-0.39, 0.29) is 25.7 Å². The van der Waals surface area contributed by atoms with Crippen LogP contribution in [0.5, 0.6) is 0 Å². The normalized spacial score (nSPS) is 22.3. The second kappa shape index (κ2) is 3.46. The summed E-state index contributed by atoms with van der Waals surface area (Å²) in [6.07, 6.45) is -0.676. The molecule has 1 heterocycles. The Bertz CT molecular complexity index is 161. The van der Waals surface area contributed by atoms with Gasteiger partial charge < -0.3 is 4.74 Å². The quantitative estimate of drug-likeness (QED) is 0.391. The van der Waals surface area contributed by atoms with Crippen LogP contribution in [0.15, 0.2) is 0 Å². The molecule has 0 aromatic carbocycles. The van der Waals surface area contributed by atoms with Crippen LogP contribution in [-0.4, -0.2) is 18.1 Å². The highest BCUT2D eigenvalue weighted by Crippen LogP contribution is 2.13.